The van der Waals surface area contributed by atoms with Gasteiger partial charge in [0.2, 0.25) is 0 Å². The first-order valence-corrected chi connectivity index (χ1v) is 9.33. The van der Waals surface area contributed by atoms with Gasteiger partial charge in [0.05, 0.1) is 10.4 Å². The van der Waals surface area contributed by atoms with E-state index in [0.29, 0.717) is 41.6 Å². The highest BCUT2D eigenvalue weighted by Gasteiger charge is 2.25. The highest BCUT2D eigenvalue weighted by atomic mass is 35.5. The van der Waals surface area contributed by atoms with E-state index >= 15 is 0 Å². The SMILES string of the molecule is O=C(OCC(=O)N1CCN(C(=O)c2cccs2)CC1)c1ccc(Cl)cc1. The molecule has 1 saturated heterocycles. The molecule has 26 heavy (non-hydrogen) atoms. The van der Waals surface area contributed by atoms with Gasteiger partial charge in [-0.05, 0) is 35.7 Å². The van der Waals surface area contributed by atoms with Crippen molar-refractivity contribution in [1.82, 2.24) is 9.80 Å². The number of carbonyl (C=O) groups excluding carboxylic acids is 3. The van der Waals surface area contributed by atoms with Crippen molar-refractivity contribution in [3.8, 4) is 0 Å². The van der Waals surface area contributed by atoms with E-state index < -0.39 is 5.97 Å². The van der Waals surface area contributed by atoms with Gasteiger partial charge in [0.1, 0.15) is 0 Å². The van der Waals surface area contributed by atoms with Gasteiger partial charge in [-0.2, -0.15) is 0 Å². The van der Waals surface area contributed by atoms with Crippen molar-refractivity contribution < 1.29 is 19.1 Å². The lowest BCUT2D eigenvalue weighted by Crippen LogP contribution is -2.51. The quantitative estimate of drug-likeness (QED) is 0.750. The standard InChI is InChI=1S/C18H17ClN2O4S/c19-14-5-3-13(4-6-14)18(24)25-12-16(22)20-7-9-21(10-8-20)17(23)15-2-1-11-26-15/h1-6,11H,7-10,12H2. The van der Waals surface area contributed by atoms with Crippen LogP contribution in [-0.2, 0) is 9.53 Å². The number of carbonyl (C=O) groups is 3. The number of ether oxygens (including phenoxy) is 1. The van der Waals surface area contributed by atoms with E-state index in [9.17, 15) is 14.4 Å². The molecule has 1 aliphatic heterocycles. The molecule has 136 valence electrons. The molecule has 0 bridgehead atoms. The molecule has 3 rings (SSSR count). The van der Waals surface area contributed by atoms with Gasteiger partial charge in [-0.15, -0.1) is 11.3 Å². The number of nitrogens with zero attached hydrogens (tertiary/aromatic N) is 2. The van der Waals surface area contributed by atoms with Crippen LogP contribution < -0.4 is 0 Å². The lowest BCUT2D eigenvalue weighted by molar-refractivity contribution is -0.136. The minimum absolute atomic E-state index is 0.0127. The van der Waals surface area contributed by atoms with E-state index in [4.69, 9.17) is 16.3 Å². The third kappa shape index (κ3) is 4.42. The van der Waals surface area contributed by atoms with Crippen molar-refractivity contribution in [2.75, 3.05) is 32.8 Å². The first-order chi connectivity index (χ1) is 12.5. The summed E-state index contributed by atoms with van der Waals surface area (Å²) in [5.74, 6) is -0.849. The van der Waals surface area contributed by atoms with Crippen LogP contribution in [0.15, 0.2) is 41.8 Å². The highest BCUT2D eigenvalue weighted by Crippen LogP contribution is 2.14. The molecule has 0 saturated carbocycles. The molecule has 0 radical (unpaired) electrons. The van der Waals surface area contributed by atoms with Crippen LogP contribution in [0.3, 0.4) is 0 Å². The minimum atomic E-state index is -0.568. The summed E-state index contributed by atoms with van der Waals surface area (Å²) < 4.78 is 5.06. The topological polar surface area (TPSA) is 66.9 Å². The van der Waals surface area contributed by atoms with Crippen LogP contribution in [0.25, 0.3) is 0 Å². The maximum absolute atomic E-state index is 12.3. The molecule has 1 aromatic carbocycles. The molecule has 1 aromatic heterocycles. The fraction of sp³-hybridized carbons (Fsp3) is 0.278. The molecule has 0 N–H and O–H groups in total. The van der Waals surface area contributed by atoms with Crippen LogP contribution in [0.1, 0.15) is 20.0 Å². The summed E-state index contributed by atoms with van der Waals surface area (Å²) in [4.78, 5) is 40.5. The number of halogens is 1. The lowest BCUT2D eigenvalue weighted by Gasteiger charge is -2.34. The molecule has 0 aliphatic carbocycles. The van der Waals surface area contributed by atoms with Gasteiger partial charge in [-0.1, -0.05) is 17.7 Å². The summed E-state index contributed by atoms with van der Waals surface area (Å²) in [5, 5.41) is 2.38. The zero-order valence-electron chi connectivity index (χ0n) is 13.9. The van der Waals surface area contributed by atoms with Crippen LogP contribution >= 0.6 is 22.9 Å². The number of rotatable bonds is 4. The number of amides is 2. The molecule has 0 atom stereocenters. The first-order valence-electron chi connectivity index (χ1n) is 8.08. The van der Waals surface area contributed by atoms with Crippen molar-refractivity contribution in [2.24, 2.45) is 0 Å². The zero-order chi connectivity index (χ0) is 18.5. The Labute approximate surface area is 159 Å². The summed E-state index contributed by atoms with van der Waals surface area (Å²) >= 11 is 7.18. The van der Waals surface area contributed by atoms with Gasteiger partial charge < -0.3 is 14.5 Å². The van der Waals surface area contributed by atoms with Crippen molar-refractivity contribution in [3.63, 3.8) is 0 Å². The fourth-order valence-electron chi connectivity index (χ4n) is 2.60. The van der Waals surface area contributed by atoms with Crippen LogP contribution in [0.4, 0.5) is 0 Å². The molecule has 1 aliphatic rings. The molecule has 0 unspecified atom stereocenters. The summed E-state index contributed by atoms with van der Waals surface area (Å²) in [5.41, 5.74) is 0.341. The van der Waals surface area contributed by atoms with Gasteiger partial charge in [-0.25, -0.2) is 4.79 Å². The van der Waals surface area contributed by atoms with Crippen LogP contribution in [0.5, 0.6) is 0 Å². The number of benzene rings is 1. The molecule has 8 heteroatoms. The number of thiophene rings is 1. The molecule has 2 aromatic rings. The smallest absolute Gasteiger partial charge is 0.338 e. The summed E-state index contributed by atoms with van der Waals surface area (Å²) in [6, 6.07) is 9.90. The van der Waals surface area contributed by atoms with E-state index in [1.165, 1.54) is 11.3 Å². The Balaban J connectivity index is 1.45. The predicted octanol–water partition coefficient (Wildman–Crippen LogP) is 2.54. The Kier molecular flexibility index (Phi) is 5.90. The van der Waals surface area contributed by atoms with Crippen molar-refractivity contribution >= 4 is 40.7 Å². The average molecular weight is 393 g/mol. The maximum atomic E-state index is 12.3. The number of piperazine rings is 1. The van der Waals surface area contributed by atoms with Crippen molar-refractivity contribution in [1.29, 1.82) is 0 Å². The number of esters is 1. The third-order valence-corrected chi connectivity index (χ3v) is 5.17. The van der Waals surface area contributed by atoms with Gasteiger partial charge in [0, 0.05) is 31.2 Å². The Morgan fingerprint density at radius 1 is 1.00 bits per heavy atom. The van der Waals surface area contributed by atoms with E-state index in [1.54, 1.807) is 40.1 Å². The van der Waals surface area contributed by atoms with Crippen LogP contribution in [0, 0.1) is 0 Å². The first kappa shape index (κ1) is 18.4. The summed E-state index contributed by atoms with van der Waals surface area (Å²) in [6.45, 7) is 1.46. The van der Waals surface area contributed by atoms with Crippen LogP contribution in [0.2, 0.25) is 5.02 Å². The summed E-state index contributed by atoms with van der Waals surface area (Å²) in [6.07, 6.45) is 0. The third-order valence-electron chi connectivity index (χ3n) is 4.06. The van der Waals surface area contributed by atoms with E-state index in [0.717, 1.165) is 0 Å². The van der Waals surface area contributed by atoms with Gasteiger partial charge in [0.25, 0.3) is 11.8 Å². The zero-order valence-corrected chi connectivity index (χ0v) is 15.5. The predicted molar refractivity (Wildman–Crippen MR) is 98.5 cm³/mol. The van der Waals surface area contributed by atoms with E-state index in [-0.39, 0.29) is 18.4 Å². The summed E-state index contributed by atoms with van der Waals surface area (Å²) in [7, 11) is 0. The molecule has 1 fully saturated rings. The molecule has 2 heterocycles. The highest BCUT2D eigenvalue weighted by molar-refractivity contribution is 7.12. The molecule has 2 amide bonds. The molecule has 6 nitrogen and oxygen atoms in total. The molecule has 0 spiro atoms. The second-order valence-corrected chi connectivity index (χ2v) is 7.12. The van der Waals surface area contributed by atoms with Crippen molar-refractivity contribution in [3.05, 3.63) is 57.2 Å². The second-order valence-electron chi connectivity index (χ2n) is 5.73. The maximum Gasteiger partial charge on any atom is 0.338 e. The fourth-order valence-corrected chi connectivity index (χ4v) is 3.42. The van der Waals surface area contributed by atoms with Gasteiger partial charge in [-0.3, -0.25) is 9.59 Å². The monoisotopic (exact) mass is 392 g/mol. The Hall–Kier alpha value is -2.38. The average Bonchev–Trinajstić information content (AvgIpc) is 3.20. The Morgan fingerprint density at radius 3 is 2.27 bits per heavy atom. The van der Waals surface area contributed by atoms with Crippen LogP contribution in [-0.4, -0.2) is 60.4 Å². The minimum Gasteiger partial charge on any atom is -0.452 e. The normalized spacial score (nSPS) is 14.2. The Bertz CT molecular complexity index is 784. The number of hydrogen-bond acceptors (Lipinski definition) is 5. The molecular formula is C18H17ClN2O4S. The molecular weight excluding hydrogens is 376 g/mol. The van der Waals surface area contributed by atoms with Crippen molar-refractivity contribution in [2.45, 2.75) is 0 Å². The number of hydrogen-bond donors (Lipinski definition) is 0. The van der Waals surface area contributed by atoms with Gasteiger partial charge >= 0.3 is 5.97 Å². The van der Waals surface area contributed by atoms with E-state index in [1.807, 2.05) is 11.4 Å². The largest absolute Gasteiger partial charge is 0.452 e. The van der Waals surface area contributed by atoms with Gasteiger partial charge in [0.15, 0.2) is 6.61 Å². The lowest BCUT2D eigenvalue weighted by atomic mass is 10.2. The second kappa shape index (κ2) is 8.33. The van der Waals surface area contributed by atoms with E-state index in [2.05, 4.69) is 0 Å². The Morgan fingerprint density at radius 2 is 1.65 bits per heavy atom.